The van der Waals surface area contributed by atoms with E-state index >= 15 is 0 Å². The maximum absolute atomic E-state index is 10.2. The highest BCUT2D eigenvalue weighted by molar-refractivity contribution is 6.33. The van der Waals surface area contributed by atoms with E-state index in [1.54, 1.807) is 18.2 Å². The molecule has 3 unspecified atom stereocenters. The van der Waals surface area contributed by atoms with Crippen LogP contribution in [-0.2, 0) is 4.74 Å². The van der Waals surface area contributed by atoms with Crippen molar-refractivity contribution in [3.05, 3.63) is 33.8 Å². The standard InChI is InChI=1S/C12H14Cl2O2/c1-7-2-5-11(16-7)12(15)9-6-8(13)3-4-10(9)14/h3-4,6-7,11-12,15H,2,5H2,1H3. The third kappa shape index (κ3) is 2.51. The van der Waals surface area contributed by atoms with Gasteiger partial charge in [0, 0.05) is 15.6 Å². The van der Waals surface area contributed by atoms with E-state index in [0.717, 1.165) is 12.8 Å². The van der Waals surface area contributed by atoms with E-state index in [2.05, 4.69) is 0 Å². The zero-order chi connectivity index (χ0) is 11.7. The Morgan fingerprint density at radius 1 is 1.38 bits per heavy atom. The Morgan fingerprint density at radius 2 is 2.12 bits per heavy atom. The van der Waals surface area contributed by atoms with Gasteiger partial charge in [0.15, 0.2) is 0 Å². The van der Waals surface area contributed by atoms with E-state index in [0.29, 0.717) is 15.6 Å². The van der Waals surface area contributed by atoms with Crippen molar-refractivity contribution in [3.8, 4) is 0 Å². The van der Waals surface area contributed by atoms with Crippen molar-refractivity contribution in [2.24, 2.45) is 0 Å². The first kappa shape index (κ1) is 12.2. The Balaban J connectivity index is 2.20. The highest BCUT2D eigenvalue weighted by Gasteiger charge is 2.30. The lowest BCUT2D eigenvalue weighted by Crippen LogP contribution is -2.18. The Kier molecular flexibility index (Phi) is 3.75. The van der Waals surface area contributed by atoms with Crippen LogP contribution in [0.1, 0.15) is 31.4 Å². The molecule has 1 fully saturated rings. The zero-order valence-corrected chi connectivity index (χ0v) is 10.5. The van der Waals surface area contributed by atoms with Crippen molar-refractivity contribution in [1.82, 2.24) is 0 Å². The maximum Gasteiger partial charge on any atom is 0.107 e. The van der Waals surface area contributed by atoms with Gasteiger partial charge in [-0.25, -0.2) is 0 Å². The van der Waals surface area contributed by atoms with Crippen LogP contribution in [0.15, 0.2) is 18.2 Å². The van der Waals surface area contributed by atoms with Crippen molar-refractivity contribution in [2.75, 3.05) is 0 Å². The normalized spacial score (nSPS) is 27.0. The second-order valence-electron chi connectivity index (χ2n) is 4.17. The number of aliphatic hydroxyl groups is 1. The van der Waals surface area contributed by atoms with Gasteiger partial charge < -0.3 is 9.84 Å². The summed E-state index contributed by atoms with van der Waals surface area (Å²) in [5.74, 6) is 0. The first-order valence-corrected chi connectivity index (χ1v) is 6.12. The van der Waals surface area contributed by atoms with Gasteiger partial charge in [-0.2, -0.15) is 0 Å². The monoisotopic (exact) mass is 260 g/mol. The fraction of sp³-hybridized carbons (Fsp3) is 0.500. The number of halogens is 2. The Hall–Kier alpha value is -0.280. The van der Waals surface area contributed by atoms with Crippen molar-refractivity contribution < 1.29 is 9.84 Å². The number of hydrogen-bond acceptors (Lipinski definition) is 2. The van der Waals surface area contributed by atoms with Crippen LogP contribution in [0.4, 0.5) is 0 Å². The highest BCUT2D eigenvalue weighted by Crippen LogP contribution is 2.34. The third-order valence-electron chi connectivity index (χ3n) is 2.89. The molecular weight excluding hydrogens is 247 g/mol. The summed E-state index contributed by atoms with van der Waals surface area (Å²) in [7, 11) is 0. The predicted octanol–water partition coefficient (Wildman–Crippen LogP) is 3.59. The van der Waals surface area contributed by atoms with Gasteiger partial charge in [0.05, 0.1) is 12.2 Å². The van der Waals surface area contributed by atoms with Crippen molar-refractivity contribution in [1.29, 1.82) is 0 Å². The second-order valence-corrected chi connectivity index (χ2v) is 5.02. The van der Waals surface area contributed by atoms with Gasteiger partial charge >= 0.3 is 0 Å². The summed E-state index contributed by atoms with van der Waals surface area (Å²) in [5, 5.41) is 11.3. The molecule has 0 amide bonds. The van der Waals surface area contributed by atoms with Crippen LogP contribution < -0.4 is 0 Å². The number of benzene rings is 1. The molecule has 88 valence electrons. The Morgan fingerprint density at radius 3 is 2.75 bits per heavy atom. The first-order chi connectivity index (χ1) is 7.58. The molecular formula is C12H14Cl2O2. The minimum absolute atomic E-state index is 0.175. The number of rotatable bonds is 2. The molecule has 0 aliphatic carbocycles. The maximum atomic E-state index is 10.2. The van der Waals surface area contributed by atoms with E-state index in [1.807, 2.05) is 6.92 Å². The third-order valence-corrected chi connectivity index (χ3v) is 3.47. The number of hydrogen-bond donors (Lipinski definition) is 1. The van der Waals surface area contributed by atoms with Crippen molar-refractivity contribution in [3.63, 3.8) is 0 Å². The molecule has 1 aromatic carbocycles. The van der Waals surface area contributed by atoms with Crippen molar-refractivity contribution in [2.45, 2.75) is 38.1 Å². The molecule has 0 bridgehead atoms. The summed E-state index contributed by atoms with van der Waals surface area (Å²) in [6.45, 7) is 2.01. The molecule has 1 saturated heterocycles. The van der Waals surface area contributed by atoms with E-state index in [-0.39, 0.29) is 12.2 Å². The van der Waals surface area contributed by atoms with Gasteiger partial charge in [-0.3, -0.25) is 0 Å². The van der Waals surface area contributed by atoms with E-state index in [9.17, 15) is 5.11 Å². The van der Waals surface area contributed by atoms with Gasteiger partial charge in [0.25, 0.3) is 0 Å². The van der Waals surface area contributed by atoms with Gasteiger partial charge in [0.2, 0.25) is 0 Å². The van der Waals surface area contributed by atoms with Gasteiger partial charge in [-0.05, 0) is 38.0 Å². The molecule has 4 heteroatoms. The average molecular weight is 261 g/mol. The Labute approximate surface area is 105 Å². The van der Waals surface area contributed by atoms with E-state index < -0.39 is 6.10 Å². The van der Waals surface area contributed by atoms with E-state index in [1.165, 1.54) is 0 Å². The molecule has 1 aromatic rings. The van der Waals surface area contributed by atoms with Gasteiger partial charge in [-0.1, -0.05) is 23.2 Å². The lowest BCUT2D eigenvalue weighted by molar-refractivity contribution is -0.0297. The molecule has 2 rings (SSSR count). The lowest BCUT2D eigenvalue weighted by Gasteiger charge is -2.19. The highest BCUT2D eigenvalue weighted by atomic mass is 35.5. The van der Waals surface area contributed by atoms with E-state index in [4.69, 9.17) is 27.9 Å². The second kappa shape index (κ2) is 4.92. The SMILES string of the molecule is CC1CCC(C(O)c2cc(Cl)ccc2Cl)O1. The summed E-state index contributed by atoms with van der Waals surface area (Å²) < 4.78 is 5.62. The minimum atomic E-state index is -0.698. The molecule has 16 heavy (non-hydrogen) atoms. The fourth-order valence-corrected chi connectivity index (χ4v) is 2.42. The number of ether oxygens (including phenoxy) is 1. The summed E-state index contributed by atoms with van der Waals surface area (Å²) >= 11 is 11.9. The van der Waals surface area contributed by atoms with Crippen molar-refractivity contribution >= 4 is 23.2 Å². The molecule has 1 aliphatic heterocycles. The van der Waals surface area contributed by atoms with Crippen LogP contribution in [0.5, 0.6) is 0 Å². The summed E-state index contributed by atoms with van der Waals surface area (Å²) in [6, 6.07) is 5.10. The summed E-state index contributed by atoms with van der Waals surface area (Å²) in [4.78, 5) is 0. The predicted molar refractivity (Wildman–Crippen MR) is 65.0 cm³/mol. The Bertz CT molecular complexity index is 381. The molecule has 0 radical (unpaired) electrons. The first-order valence-electron chi connectivity index (χ1n) is 5.36. The van der Waals surface area contributed by atoms with Crippen LogP contribution >= 0.6 is 23.2 Å². The largest absolute Gasteiger partial charge is 0.386 e. The van der Waals surface area contributed by atoms with Crippen LogP contribution in [0, 0.1) is 0 Å². The molecule has 1 N–H and O–H groups in total. The van der Waals surface area contributed by atoms with Crippen LogP contribution in [-0.4, -0.2) is 17.3 Å². The molecule has 0 saturated carbocycles. The quantitative estimate of drug-likeness (QED) is 0.881. The molecule has 1 aliphatic rings. The molecule has 0 aromatic heterocycles. The van der Waals surface area contributed by atoms with Crippen LogP contribution in [0.3, 0.4) is 0 Å². The van der Waals surface area contributed by atoms with Crippen LogP contribution in [0.25, 0.3) is 0 Å². The topological polar surface area (TPSA) is 29.5 Å². The zero-order valence-electron chi connectivity index (χ0n) is 8.99. The smallest absolute Gasteiger partial charge is 0.107 e. The average Bonchev–Trinajstić information content (AvgIpc) is 2.67. The van der Waals surface area contributed by atoms with Gasteiger partial charge in [-0.15, -0.1) is 0 Å². The molecule has 2 nitrogen and oxygen atoms in total. The fourth-order valence-electron chi connectivity index (χ4n) is 2.01. The summed E-state index contributed by atoms with van der Waals surface area (Å²) in [5.41, 5.74) is 0.647. The van der Waals surface area contributed by atoms with Crippen LogP contribution in [0.2, 0.25) is 10.0 Å². The summed E-state index contributed by atoms with van der Waals surface area (Å²) in [6.07, 6.45) is 1.16. The lowest BCUT2D eigenvalue weighted by atomic mass is 10.0. The molecule has 3 atom stereocenters. The molecule has 0 spiro atoms. The molecule has 1 heterocycles. The number of aliphatic hydroxyl groups excluding tert-OH is 1. The minimum Gasteiger partial charge on any atom is -0.386 e. The van der Waals surface area contributed by atoms with Gasteiger partial charge in [0.1, 0.15) is 6.10 Å².